The third kappa shape index (κ3) is 3.45. The largest absolute Gasteiger partial charge is 0.390 e. The Kier molecular flexibility index (Phi) is 4.13. The first-order valence-electron chi connectivity index (χ1n) is 5.95. The number of nitrogens with zero attached hydrogens (tertiary/aromatic N) is 1. The third-order valence-corrected chi connectivity index (χ3v) is 2.77. The van der Waals surface area contributed by atoms with E-state index in [0.717, 1.165) is 11.1 Å². The van der Waals surface area contributed by atoms with E-state index in [1.165, 1.54) is 11.1 Å². The summed E-state index contributed by atoms with van der Waals surface area (Å²) in [7, 11) is 0. The zero-order valence-electron chi connectivity index (χ0n) is 10.7. The molecule has 0 aromatic heterocycles. The molecule has 0 heterocycles. The van der Waals surface area contributed by atoms with Crippen LogP contribution in [0.3, 0.4) is 0 Å². The fourth-order valence-electron chi connectivity index (χ4n) is 1.59. The quantitative estimate of drug-likeness (QED) is 0.587. The van der Waals surface area contributed by atoms with E-state index in [1.807, 2.05) is 42.5 Å². The normalized spacial score (nSPS) is 10.8. The molecule has 18 heavy (non-hydrogen) atoms. The zero-order chi connectivity index (χ0) is 12.8. The van der Waals surface area contributed by atoms with Crippen LogP contribution in [-0.4, -0.2) is 6.21 Å². The van der Waals surface area contributed by atoms with Gasteiger partial charge in [0.05, 0.1) is 0 Å². The van der Waals surface area contributed by atoms with E-state index in [0.29, 0.717) is 6.61 Å². The first-order valence-corrected chi connectivity index (χ1v) is 5.95. The molecule has 0 fully saturated rings. The van der Waals surface area contributed by atoms with Crippen molar-refractivity contribution in [2.45, 2.75) is 20.5 Å². The molecule has 0 saturated carbocycles. The predicted molar refractivity (Wildman–Crippen MR) is 73.7 cm³/mol. The molecule has 2 nitrogen and oxygen atoms in total. The van der Waals surface area contributed by atoms with Crippen LogP contribution in [-0.2, 0) is 11.4 Å². The topological polar surface area (TPSA) is 21.6 Å². The Morgan fingerprint density at radius 3 is 2.44 bits per heavy atom. The lowest BCUT2D eigenvalue weighted by atomic mass is 10.1. The highest BCUT2D eigenvalue weighted by molar-refractivity contribution is 5.79. The minimum Gasteiger partial charge on any atom is -0.390 e. The van der Waals surface area contributed by atoms with Gasteiger partial charge in [0.2, 0.25) is 0 Å². The lowest BCUT2D eigenvalue weighted by Gasteiger charge is -2.02. The van der Waals surface area contributed by atoms with Crippen LogP contribution in [0.25, 0.3) is 0 Å². The van der Waals surface area contributed by atoms with E-state index >= 15 is 0 Å². The van der Waals surface area contributed by atoms with E-state index in [4.69, 9.17) is 4.84 Å². The predicted octanol–water partition coefficient (Wildman–Crippen LogP) is 3.73. The van der Waals surface area contributed by atoms with Crippen LogP contribution < -0.4 is 0 Å². The molecule has 91 valence electrons. The van der Waals surface area contributed by atoms with Gasteiger partial charge in [-0.05, 0) is 25.0 Å². The molecule has 2 aromatic carbocycles. The summed E-state index contributed by atoms with van der Waals surface area (Å²) >= 11 is 0. The molecule has 0 saturated heterocycles. The van der Waals surface area contributed by atoms with E-state index in [1.54, 1.807) is 0 Å². The van der Waals surface area contributed by atoms with Crippen molar-refractivity contribution >= 4 is 6.21 Å². The minimum absolute atomic E-state index is 0.478. The van der Waals surface area contributed by atoms with Crippen molar-refractivity contribution in [2.24, 2.45) is 5.16 Å². The molecular formula is C16H16NO. The van der Waals surface area contributed by atoms with E-state index < -0.39 is 0 Å². The van der Waals surface area contributed by atoms with Gasteiger partial charge in [-0.15, -0.1) is 0 Å². The summed E-state index contributed by atoms with van der Waals surface area (Å²) in [6, 6.07) is 16.1. The number of rotatable bonds is 4. The van der Waals surface area contributed by atoms with Crippen LogP contribution in [0.2, 0.25) is 0 Å². The number of hydrogen-bond donors (Lipinski definition) is 0. The second-order valence-electron chi connectivity index (χ2n) is 4.27. The highest BCUT2D eigenvalue weighted by Crippen LogP contribution is 2.08. The molecule has 0 aliphatic rings. The molecule has 0 amide bonds. The summed E-state index contributed by atoms with van der Waals surface area (Å²) < 4.78 is 0. The van der Waals surface area contributed by atoms with Crippen molar-refractivity contribution < 1.29 is 4.84 Å². The molecular weight excluding hydrogens is 222 g/mol. The van der Waals surface area contributed by atoms with Gasteiger partial charge in [-0.3, -0.25) is 0 Å². The highest BCUT2D eigenvalue weighted by atomic mass is 16.6. The minimum atomic E-state index is 0.478. The van der Waals surface area contributed by atoms with Crippen LogP contribution in [0.4, 0.5) is 0 Å². The molecule has 1 radical (unpaired) electrons. The van der Waals surface area contributed by atoms with Gasteiger partial charge in [-0.2, -0.15) is 0 Å². The number of benzene rings is 2. The average molecular weight is 238 g/mol. The van der Waals surface area contributed by atoms with Gasteiger partial charge in [-0.1, -0.05) is 59.3 Å². The molecule has 0 spiro atoms. The SMILES string of the molecule is Cc1ccc(/[C]=N\OCc2ccccc2C)cc1. The first kappa shape index (κ1) is 12.4. The maximum absolute atomic E-state index is 5.25. The Morgan fingerprint density at radius 2 is 1.72 bits per heavy atom. The molecule has 2 rings (SSSR count). The van der Waals surface area contributed by atoms with Gasteiger partial charge in [0, 0.05) is 5.56 Å². The Bertz CT molecular complexity index is 529. The highest BCUT2D eigenvalue weighted by Gasteiger charge is 1.96. The maximum atomic E-state index is 5.25. The van der Waals surface area contributed by atoms with Crippen molar-refractivity contribution in [1.29, 1.82) is 0 Å². The van der Waals surface area contributed by atoms with Crippen LogP contribution in [0.1, 0.15) is 22.3 Å². The second kappa shape index (κ2) is 6.01. The zero-order valence-corrected chi connectivity index (χ0v) is 10.7. The summed E-state index contributed by atoms with van der Waals surface area (Å²) in [5.74, 6) is 0. The second-order valence-corrected chi connectivity index (χ2v) is 4.27. The van der Waals surface area contributed by atoms with Crippen molar-refractivity contribution in [3.63, 3.8) is 0 Å². The molecule has 0 bridgehead atoms. The third-order valence-electron chi connectivity index (χ3n) is 2.77. The Morgan fingerprint density at radius 1 is 1.00 bits per heavy atom. The summed E-state index contributed by atoms with van der Waals surface area (Å²) in [6.07, 6.45) is 2.86. The van der Waals surface area contributed by atoms with Gasteiger partial charge < -0.3 is 4.84 Å². The summed E-state index contributed by atoms with van der Waals surface area (Å²) in [5.41, 5.74) is 4.50. The standard InChI is InChI=1S/C16H16NO/c1-13-7-9-15(10-8-13)11-17-18-12-16-6-4-3-5-14(16)2/h3-10H,12H2,1-2H3. The lowest BCUT2D eigenvalue weighted by Crippen LogP contribution is -1.91. The molecule has 0 atom stereocenters. The average Bonchev–Trinajstić information content (AvgIpc) is 2.39. The van der Waals surface area contributed by atoms with Crippen LogP contribution >= 0.6 is 0 Å². The first-order chi connectivity index (χ1) is 8.75. The Balaban J connectivity index is 1.89. The van der Waals surface area contributed by atoms with Crippen LogP contribution in [0.15, 0.2) is 53.7 Å². The van der Waals surface area contributed by atoms with Crippen molar-refractivity contribution in [2.75, 3.05) is 0 Å². The van der Waals surface area contributed by atoms with Gasteiger partial charge in [0.1, 0.15) is 12.8 Å². The van der Waals surface area contributed by atoms with E-state index in [2.05, 4.69) is 31.3 Å². The maximum Gasteiger partial charge on any atom is 0.142 e. The van der Waals surface area contributed by atoms with Gasteiger partial charge in [-0.25, -0.2) is 0 Å². The fraction of sp³-hybridized carbons (Fsp3) is 0.188. The van der Waals surface area contributed by atoms with Crippen molar-refractivity contribution in [1.82, 2.24) is 0 Å². The van der Waals surface area contributed by atoms with Gasteiger partial charge in [0.15, 0.2) is 0 Å². The fourth-order valence-corrected chi connectivity index (χ4v) is 1.59. The van der Waals surface area contributed by atoms with Gasteiger partial charge >= 0.3 is 0 Å². The Hall–Kier alpha value is -2.09. The van der Waals surface area contributed by atoms with Crippen molar-refractivity contribution in [3.05, 3.63) is 70.8 Å². The molecule has 0 unspecified atom stereocenters. The molecule has 0 N–H and O–H groups in total. The van der Waals surface area contributed by atoms with Crippen LogP contribution in [0.5, 0.6) is 0 Å². The van der Waals surface area contributed by atoms with E-state index in [9.17, 15) is 0 Å². The van der Waals surface area contributed by atoms with E-state index in [-0.39, 0.29) is 0 Å². The summed E-state index contributed by atoms with van der Waals surface area (Å²) in [5, 5.41) is 3.86. The number of hydrogen-bond acceptors (Lipinski definition) is 2. The molecule has 0 aliphatic heterocycles. The monoisotopic (exact) mass is 238 g/mol. The summed E-state index contributed by atoms with van der Waals surface area (Å²) in [4.78, 5) is 5.25. The smallest absolute Gasteiger partial charge is 0.142 e. The number of aryl methyl sites for hydroxylation is 2. The molecule has 2 heteroatoms. The van der Waals surface area contributed by atoms with Crippen molar-refractivity contribution in [3.8, 4) is 0 Å². The lowest BCUT2D eigenvalue weighted by molar-refractivity contribution is 0.131. The Labute approximate surface area is 108 Å². The molecule has 2 aromatic rings. The molecule has 0 aliphatic carbocycles. The van der Waals surface area contributed by atoms with Crippen LogP contribution in [0, 0.1) is 13.8 Å². The summed E-state index contributed by atoms with van der Waals surface area (Å²) in [6.45, 7) is 4.59. The van der Waals surface area contributed by atoms with Gasteiger partial charge in [0.25, 0.3) is 0 Å².